The highest BCUT2D eigenvalue weighted by Gasteiger charge is 2.28. The molecular formula is C19H20ClNO3. The minimum absolute atomic E-state index is 0.0999. The van der Waals surface area contributed by atoms with Gasteiger partial charge in [-0.05, 0) is 36.1 Å². The molecule has 2 aromatic rings. The van der Waals surface area contributed by atoms with Gasteiger partial charge in [-0.3, -0.25) is 9.59 Å². The lowest BCUT2D eigenvalue weighted by atomic mass is 9.85. The van der Waals surface area contributed by atoms with Gasteiger partial charge < -0.3 is 10.4 Å². The van der Waals surface area contributed by atoms with Crippen molar-refractivity contribution in [1.29, 1.82) is 0 Å². The summed E-state index contributed by atoms with van der Waals surface area (Å²) in [6.07, 6.45) is -0.0999. The highest BCUT2D eigenvalue weighted by atomic mass is 35.5. The molecule has 0 aliphatic carbocycles. The van der Waals surface area contributed by atoms with Gasteiger partial charge in [-0.25, -0.2) is 0 Å². The summed E-state index contributed by atoms with van der Waals surface area (Å²) >= 11 is 6.04. The number of hydrogen-bond acceptors (Lipinski definition) is 2. The molecule has 0 heterocycles. The van der Waals surface area contributed by atoms with Crippen molar-refractivity contribution in [2.45, 2.75) is 26.2 Å². The van der Waals surface area contributed by atoms with E-state index in [1.54, 1.807) is 25.1 Å². The molecule has 5 heteroatoms. The van der Waals surface area contributed by atoms with E-state index in [2.05, 4.69) is 5.32 Å². The highest BCUT2D eigenvalue weighted by Crippen LogP contribution is 2.28. The first kappa shape index (κ1) is 18.0. The van der Waals surface area contributed by atoms with Crippen molar-refractivity contribution in [2.24, 2.45) is 5.92 Å². The Bertz CT molecular complexity index is 731. The highest BCUT2D eigenvalue weighted by molar-refractivity contribution is 6.31. The van der Waals surface area contributed by atoms with Gasteiger partial charge in [-0.2, -0.15) is 0 Å². The van der Waals surface area contributed by atoms with E-state index in [1.807, 2.05) is 37.3 Å². The predicted octanol–water partition coefficient (Wildman–Crippen LogP) is 4.48. The van der Waals surface area contributed by atoms with Crippen molar-refractivity contribution in [3.63, 3.8) is 0 Å². The fraction of sp³-hybridized carbons (Fsp3) is 0.263. The number of aliphatic carboxylic acids is 1. The van der Waals surface area contributed by atoms with Crippen molar-refractivity contribution >= 4 is 29.2 Å². The molecule has 0 aromatic heterocycles. The van der Waals surface area contributed by atoms with Crippen LogP contribution in [-0.2, 0) is 9.59 Å². The van der Waals surface area contributed by atoms with Crippen LogP contribution in [0.15, 0.2) is 48.5 Å². The zero-order chi connectivity index (χ0) is 17.7. The Kier molecular flexibility index (Phi) is 5.99. The molecule has 0 saturated carbocycles. The molecule has 2 atom stereocenters. The first-order valence-corrected chi connectivity index (χ1v) is 8.10. The van der Waals surface area contributed by atoms with Crippen LogP contribution in [0.25, 0.3) is 0 Å². The third-order valence-electron chi connectivity index (χ3n) is 4.19. The number of amides is 1. The first-order chi connectivity index (χ1) is 11.4. The molecular weight excluding hydrogens is 326 g/mol. The third kappa shape index (κ3) is 4.36. The minimum atomic E-state index is -0.982. The van der Waals surface area contributed by atoms with Gasteiger partial charge in [0.05, 0.1) is 5.92 Å². The van der Waals surface area contributed by atoms with Crippen molar-refractivity contribution < 1.29 is 14.7 Å². The van der Waals surface area contributed by atoms with Crippen LogP contribution in [0.4, 0.5) is 5.69 Å². The van der Waals surface area contributed by atoms with Gasteiger partial charge in [-0.15, -0.1) is 0 Å². The second-order valence-electron chi connectivity index (χ2n) is 5.81. The van der Waals surface area contributed by atoms with Gasteiger partial charge in [0.1, 0.15) is 0 Å². The topological polar surface area (TPSA) is 66.4 Å². The maximum Gasteiger partial charge on any atom is 0.307 e. The summed E-state index contributed by atoms with van der Waals surface area (Å²) in [5.41, 5.74) is 2.26. The summed E-state index contributed by atoms with van der Waals surface area (Å²) in [6, 6.07) is 14.6. The lowest BCUT2D eigenvalue weighted by Crippen LogP contribution is -2.26. The Balaban J connectivity index is 2.12. The van der Waals surface area contributed by atoms with Crippen LogP contribution >= 0.6 is 11.6 Å². The lowest BCUT2D eigenvalue weighted by molar-refractivity contribution is -0.144. The van der Waals surface area contributed by atoms with Crippen LogP contribution in [0.2, 0.25) is 5.02 Å². The molecule has 126 valence electrons. The van der Waals surface area contributed by atoms with Crippen LogP contribution in [-0.4, -0.2) is 17.0 Å². The molecule has 0 aliphatic heterocycles. The lowest BCUT2D eigenvalue weighted by Gasteiger charge is -2.20. The average molecular weight is 346 g/mol. The number of nitrogens with one attached hydrogen (secondary N) is 1. The molecule has 2 rings (SSSR count). The second kappa shape index (κ2) is 7.97. The summed E-state index contributed by atoms with van der Waals surface area (Å²) in [5.74, 6) is -2.39. The Morgan fingerprint density at radius 1 is 1.12 bits per heavy atom. The number of carbonyl (C=O) groups is 2. The Hall–Kier alpha value is -2.33. The number of carboxylic acids is 1. The van der Waals surface area contributed by atoms with Crippen molar-refractivity contribution in [1.82, 2.24) is 0 Å². The van der Waals surface area contributed by atoms with Crippen molar-refractivity contribution in [3.8, 4) is 0 Å². The molecule has 24 heavy (non-hydrogen) atoms. The van der Waals surface area contributed by atoms with Crippen molar-refractivity contribution in [3.05, 3.63) is 64.7 Å². The van der Waals surface area contributed by atoms with E-state index >= 15 is 0 Å². The van der Waals surface area contributed by atoms with E-state index in [-0.39, 0.29) is 18.2 Å². The van der Waals surface area contributed by atoms with Gasteiger partial charge in [0, 0.05) is 17.1 Å². The number of anilines is 1. The molecule has 1 amide bonds. The summed E-state index contributed by atoms with van der Waals surface area (Å²) in [4.78, 5) is 23.9. The quantitative estimate of drug-likeness (QED) is 0.811. The Morgan fingerprint density at radius 3 is 2.42 bits per heavy atom. The SMILES string of the molecule is Cc1c(Cl)cccc1NC(=O)C[C@H](C(=O)O)[C@H](C)c1ccccc1. The molecule has 2 N–H and O–H groups in total. The van der Waals surface area contributed by atoms with Gasteiger partial charge in [0.25, 0.3) is 0 Å². The molecule has 2 aromatic carbocycles. The Labute approximate surface area is 146 Å². The third-order valence-corrected chi connectivity index (χ3v) is 4.60. The maximum absolute atomic E-state index is 12.3. The summed E-state index contributed by atoms with van der Waals surface area (Å²) in [5, 5.41) is 12.8. The summed E-state index contributed by atoms with van der Waals surface area (Å²) in [6.45, 7) is 3.63. The number of rotatable bonds is 6. The Morgan fingerprint density at radius 2 is 1.79 bits per heavy atom. The van der Waals surface area contributed by atoms with E-state index in [0.717, 1.165) is 11.1 Å². The van der Waals surface area contributed by atoms with E-state index < -0.39 is 11.9 Å². The molecule has 0 saturated heterocycles. The molecule has 0 aliphatic rings. The minimum Gasteiger partial charge on any atom is -0.481 e. The number of halogens is 1. The maximum atomic E-state index is 12.3. The molecule has 0 unspecified atom stereocenters. The molecule has 0 radical (unpaired) electrons. The summed E-state index contributed by atoms with van der Waals surface area (Å²) < 4.78 is 0. The zero-order valence-corrected chi connectivity index (χ0v) is 14.4. The van der Waals surface area contributed by atoms with Crippen LogP contribution in [0.3, 0.4) is 0 Å². The number of carboxylic acid groups (broad SMARTS) is 1. The van der Waals surface area contributed by atoms with Gasteiger partial charge in [-0.1, -0.05) is 54.9 Å². The van der Waals surface area contributed by atoms with Gasteiger partial charge in [0.15, 0.2) is 0 Å². The fourth-order valence-corrected chi connectivity index (χ4v) is 2.79. The van der Waals surface area contributed by atoms with E-state index in [1.165, 1.54) is 0 Å². The second-order valence-corrected chi connectivity index (χ2v) is 6.22. The van der Waals surface area contributed by atoms with Gasteiger partial charge in [0.2, 0.25) is 5.91 Å². The molecule has 4 nitrogen and oxygen atoms in total. The van der Waals surface area contributed by atoms with Crippen molar-refractivity contribution in [2.75, 3.05) is 5.32 Å². The van der Waals surface area contributed by atoms with E-state index in [9.17, 15) is 14.7 Å². The predicted molar refractivity (Wildman–Crippen MR) is 95.4 cm³/mol. The number of benzene rings is 2. The van der Waals surface area contributed by atoms with Crippen LogP contribution in [0.1, 0.15) is 30.4 Å². The van der Waals surface area contributed by atoms with Crippen LogP contribution in [0, 0.1) is 12.8 Å². The number of carbonyl (C=O) groups excluding carboxylic acids is 1. The van der Waals surface area contributed by atoms with E-state index in [0.29, 0.717) is 10.7 Å². The molecule has 0 bridgehead atoms. The fourth-order valence-electron chi connectivity index (χ4n) is 2.61. The van der Waals surface area contributed by atoms with Crippen LogP contribution < -0.4 is 5.32 Å². The smallest absolute Gasteiger partial charge is 0.307 e. The monoisotopic (exact) mass is 345 g/mol. The number of hydrogen-bond donors (Lipinski definition) is 2. The van der Waals surface area contributed by atoms with Crippen LogP contribution in [0.5, 0.6) is 0 Å². The van der Waals surface area contributed by atoms with E-state index in [4.69, 9.17) is 11.6 Å². The molecule has 0 spiro atoms. The normalized spacial score (nSPS) is 13.1. The largest absolute Gasteiger partial charge is 0.481 e. The standard InChI is InChI=1S/C19H20ClNO3/c1-12(14-7-4-3-5-8-14)15(19(23)24)11-18(22)21-17-10-6-9-16(20)13(17)2/h3-10,12,15H,11H2,1-2H3,(H,21,22)(H,23,24)/t12-,15+/m1/s1. The van der Waals surface area contributed by atoms with Gasteiger partial charge >= 0.3 is 5.97 Å². The summed E-state index contributed by atoms with van der Waals surface area (Å²) in [7, 11) is 0. The molecule has 0 fully saturated rings. The first-order valence-electron chi connectivity index (χ1n) is 7.73. The average Bonchev–Trinajstić information content (AvgIpc) is 2.57. The zero-order valence-electron chi connectivity index (χ0n) is 13.6.